The molecule has 0 bridgehead atoms. The summed E-state index contributed by atoms with van der Waals surface area (Å²) in [6, 6.07) is 60.9. The number of para-hydroxylation sites is 1. The lowest BCUT2D eigenvalue weighted by molar-refractivity contribution is 0.652. The molecule has 2 aliphatic carbocycles. The molecule has 0 unspecified atom stereocenters. The fourth-order valence-corrected chi connectivity index (χ4v) is 9.95. The Balaban J connectivity index is 1.18. The van der Waals surface area contributed by atoms with Gasteiger partial charge in [0.25, 0.3) is 0 Å². The second kappa shape index (κ2) is 10.0. The average molecular weight is 632 g/mol. The highest BCUT2D eigenvalue weighted by atomic mass is 32.1. The van der Waals surface area contributed by atoms with Gasteiger partial charge < -0.3 is 4.90 Å². The molecule has 0 radical (unpaired) electrons. The van der Waals surface area contributed by atoms with Crippen LogP contribution in [0, 0.1) is 0 Å². The summed E-state index contributed by atoms with van der Waals surface area (Å²) >= 11 is 1.87. The van der Waals surface area contributed by atoms with E-state index in [1.165, 1.54) is 64.7 Å². The zero-order valence-corrected chi connectivity index (χ0v) is 27.8. The lowest BCUT2D eigenvalue weighted by Crippen LogP contribution is -2.30. The van der Waals surface area contributed by atoms with Gasteiger partial charge in [0.2, 0.25) is 0 Å². The van der Waals surface area contributed by atoms with Gasteiger partial charge in [0, 0.05) is 42.6 Å². The summed E-state index contributed by atoms with van der Waals surface area (Å²) in [6.45, 7) is 4.76. The van der Waals surface area contributed by atoms with Gasteiger partial charge in [0.1, 0.15) is 0 Å². The quantitative estimate of drug-likeness (QED) is 0.183. The van der Waals surface area contributed by atoms with Crippen LogP contribution in [0.4, 0.5) is 17.1 Å². The number of rotatable bonds is 5. The summed E-state index contributed by atoms with van der Waals surface area (Å²) in [5.41, 5.74) is 14.1. The van der Waals surface area contributed by atoms with Crippen molar-refractivity contribution >= 4 is 48.6 Å². The first kappa shape index (κ1) is 27.7. The van der Waals surface area contributed by atoms with E-state index in [-0.39, 0.29) is 5.41 Å². The third kappa shape index (κ3) is 3.61. The van der Waals surface area contributed by atoms with Gasteiger partial charge in [-0.05, 0) is 87.0 Å². The van der Waals surface area contributed by atoms with Crippen LogP contribution in [-0.2, 0) is 10.8 Å². The number of anilines is 3. The van der Waals surface area contributed by atoms with E-state index < -0.39 is 5.41 Å². The van der Waals surface area contributed by atoms with E-state index >= 15 is 0 Å². The molecular weight excluding hydrogens is 599 g/mol. The second-order valence-corrected chi connectivity index (χ2v) is 14.8. The van der Waals surface area contributed by atoms with Crippen molar-refractivity contribution in [1.29, 1.82) is 0 Å². The fraction of sp³-hybridized carbons (Fsp3) is 0.0870. The van der Waals surface area contributed by atoms with Crippen LogP contribution in [0.5, 0.6) is 0 Å². The van der Waals surface area contributed by atoms with E-state index in [0.29, 0.717) is 0 Å². The molecule has 0 fully saturated rings. The number of hydrogen-bond donors (Lipinski definition) is 0. The van der Waals surface area contributed by atoms with Crippen LogP contribution in [0.25, 0.3) is 31.3 Å². The topological polar surface area (TPSA) is 3.24 Å². The Bertz CT molecular complexity index is 2470. The number of nitrogens with zero attached hydrogens (tertiary/aromatic N) is 1. The van der Waals surface area contributed by atoms with Crippen molar-refractivity contribution in [2.45, 2.75) is 24.7 Å². The highest BCUT2D eigenvalue weighted by molar-refractivity contribution is 7.25. The van der Waals surface area contributed by atoms with Crippen LogP contribution in [0.15, 0.2) is 164 Å². The first-order valence-corrected chi connectivity index (χ1v) is 17.6. The monoisotopic (exact) mass is 631 g/mol. The van der Waals surface area contributed by atoms with Gasteiger partial charge in [0.05, 0.1) is 5.41 Å². The van der Waals surface area contributed by atoms with E-state index in [4.69, 9.17) is 0 Å². The summed E-state index contributed by atoms with van der Waals surface area (Å²) in [6.07, 6.45) is 0. The molecule has 228 valence electrons. The van der Waals surface area contributed by atoms with Crippen molar-refractivity contribution in [2.24, 2.45) is 0 Å². The Hall–Kier alpha value is -5.44. The fourth-order valence-electron chi connectivity index (χ4n) is 8.82. The van der Waals surface area contributed by atoms with E-state index in [0.717, 1.165) is 17.1 Å². The van der Waals surface area contributed by atoms with Gasteiger partial charge in [0.15, 0.2) is 0 Å². The standard InChI is InChI=1S/C46H33NS/c1-45(2)37-18-11-20-39-43(37)44-38(45)19-12-21-40(44)46(39,30-13-5-3-6-14-30)31-23-25-33(26-24-31)47(32-15-7-4-8-16-32)34-27-28-36-35-17-9-10-22-41(35)48-42(36)29-34/h3-29H,1-2H3. The first-order chi connectivity index (χ1) is 23.6. The number of hydrogen-bond acceptors (Lipinski definition) is 2. The predicted octanol–water partition coefficient (Wildman–Crippen LogP) is 12.5. The SMILES string of the molecule is CC1(C)c2cccc3c2-c2c1cccc2C3(c1ccccc1)c1ccc(N(c2ccccc2)c2ccc3c(c2)sc2ccccc23)cc1. The van der Waals surface area contributed by atoms with Crippen molar-refractivity contribution in [3.05, 3.63) is 197 Å². The van der Waals surface area contributed by atoms with Crippen molar-refractivity contribution in [1.82, 2.24) is 0 Å². The Labute approximate surface area is 285 Å². The molecule has 7 aromatic carbocycles. The minimum atomic E-state index is -0.402. The Morgan fingerprint density at radius 2 is 0.938 bits per heavy atom. The Morgan fingerprint density at radius 1 is 0.417 bits per heavy atom. The smallest absolute Gasteiger partial charge is 0.0713 e. The van der Waals surface area contributed by atoms with Crippen LogP contribution in [0.3, 0.4) is 0 Å². The molecule has 0 amide bonds. The summed E-state index contributed by atoms with van der Waals surface area (Å²) < 4.78 is 2.63. The number of fused-ring (bicyclic) bond motifs is 3. The minimum absolute atomic E-state index is 0.0188. The van der Waals surface area contributed by atoms with Gasteiger partial charge in [-0.1, -0.05) is 135 Å². The predicted molar refractivity (Wildman–Crippen MR) is 203 cm³/mol. The van der Waals surface area contributed by atoms with Gasteiger partial charge >= 0.3 is 0 Å². The van der Waals surface area contributed by atoms with Gasteiger partial charge in [-0.25, -0.2) is 0 Å². The zero-order chi connectivity index (χ0) is 32.0. The van der Waals surface area contributed by atoms with E-state index in [1.54, 1.807) is 0 Å². The summed E-state index contributed by atoms with van der Waals surface area (Å²) in [5, 5.41) is 2.64. The number of benzene rings is 7. The van der Waals surface area contributed by atoms with Gasteiger partial charge in [-0.2, -0.15) is 0 Å². The minimum Gasteiger partial charge on any atom is -0.310 e. The van der Waals surface area contributed by atoms with Gasteiger partial charge in [-0.15, -0.1) is 11.3 Å². The maximum absolute atomic E-state index is 2.39. The maximum atomic E-state index is 2.39. The molecule has 10 rings (SSSR count). The van der Waals surface area contributed by atoms with Crippen molar-refractivity contribution < 1.29 is 0 Å². The van der Waals surface area contributed by atoms with E-state index in [9.17, 15) is 0 Å². The molecule has 0 aliphatic heterocycles. The molecule has 2 heteroatoms. The average Bonchev–Trinajstić information content (AvgIpc) is 3.74. The molecule has 0 saturated carbocycles. The summed E-state index contributed by atoms with van der Waals surface area (Å²) in [4.78, 5) is 2.39. The molecule has 2 aliphatic rings. The molecule has 1 nitrogen and oxygen atoms in total. The maximum Gasteiger partial charge on any atom is 0.0713 e. The Morgan fingerprint density at radius 3 is 1.62 bits per heavy atom. The molecule has 0 N–H and O–H groups in total. The molecule has 1 heterocycles. The molecule has 0 spiro atoms. The van der Waals surface area contributed by atoms with Crippen LogP contribution in [0.1, 0.15) is 47.2 Å². The summed E-state index contributed by atoms with van der Waals surface area (Å²) in [7, 11) is 0. The highest BCUT2D eigenvalue weighted by Gasteiger charge is 2.52. The molecule has 0 atom stereocenters. The van der Waals surface area contributed by atoms with Gasteiger partial charge in [-0.3, -0.25) is 0 Å². The number of thiophene rings is 1. The van der Waals surface area contributed by atoms with Crippen LogP contribution < -0.4 is 4.90 Å². The third-order valence-electron chi connectivity index (χ3n) is 10.9. The van der Waals surface area contributed by atoms with Crippen molar-refractivity contribution in [3.8, 4) is 11.1 Å². The molecule has 48 heavy (non-hydrogen) atoms. The van der Waals surface area contributed by atoms with Crippen molar-refractivity contribution in [3.63, 3.8) is 0 Å². The third-order valence-corrected chi connectivity index (χ3v) is 12.1. The van der Waals surface area contributed by atoms with Crippen LogP contribution >= 0.6 is 11.3 Å². The van der Waals surface area contributed by atoms with Crippen LogP contribution in [0.2, 0.25) is 0 Å². The zero-order valence-electron chi connectivity index (χ0n) is 26.9. The highest BCUT2D eigenvalue weighted by Crippen LogP contribution is 2.64. The largest absolute Gasteiger partial charge is 0.310 e. The second-order valence-electron chi connectivity index (χ2n) is 13.7. The summed E-state index contributed by atoms with van der Waals surface area (Å²) in [5.74, 6) is 0. The first-order valence-electron chi connectivity index (χ1n) is 16.8. The molecular formula is C46H33NS. The van der Waals surface area contributed by atoms with Crippen LogP contribution in [-0.4, -0.2) is 0 Å². The Kier molecular flexibility index (Phi) is 5.78. The van der Waals surface area contributed by atoms with E-state index in [1.807, 2.05) is 11.3 Å². The lowest BCUT2D eigenvalue weighted by Gasteiger charge is -2.36. The molecule has 1 aromatic heterocycles. The van der Waals surface area contributed by atoms with E-state index in [2.05, 4.69) is 183 Å². The molecule has 8 aromatic rings. The normalized spacial score (nSPS) is 14.8. The lowest BCUT2D eigenvalue weighted by atomic mass is 9.66. The van der Waals surface area contributed by atoms with Crippen molar-refractivity contribution in [2.75, 3.05) is 4.90 Å². The molecule has 0 saturated heterocycles.